The first kappa shape index (κ1) is 23.0. The minimum atomic E-state index is -2.14. The molecule has 5 nitrogen and oxygen atoms in total. The molecular formula is C21H36O5. The third kappa shape index (κ3) is 5.01. The van der Waals surface area contributed by atoms with Crippen molar-refractivity contribution in [2.75, 3.05) is 0 Å². The summed E-state index contributed by atoms with van der Waals surface area (Å²) in [4.78, 5) is 38.3. The summed E-state index contributed by atoms with van der Waals surface area (Å²) in [5.41, 5.74) is -2.14. The van der Waals surface area contributed by atoms with Crippen molar-refractivity contribution in [3.05, 3.63) is 0 Å². The van der Waals surface area contributed by atoms with Crippen molar-refractivity contribution in [1.29, 1.82) is 0 Å². The molecule has 0 aromatic rings. The molecule has 0 heterocycles. The molecule has 26 heavy (non-hydrogen) atoms. The lowest BCUT2D eigenvalue weighted by atomic mass is 9.78. The van der Waals surface area contributed by atoms with E-state index in [1.165, 1.54) is 0 Å². The molecular weight excluding hydrogens is 332 g/mol. The summed E-state index contributed by atoms with van der Waals surface area (Å²) in [6, 6.07) is 0. The van der Waals surface area contributed by atoms with Crippen LogP contribution in [0.5, 0.6) is 0 Å². The second kappa shape index (κ2) is 9.23. The van der Waals surface area contributed by atoms with Gasteiger partial charge in [-0.25, -0.2) is 0 Å². The number of Topliss-reactive ketones (excluding diaryl/α,β-unsaturated/α-hetero) is 3. The predicted octanol–water partition coefficient (Wildman–Crippen LogP) is 2.95. The number of hydrogen-bond donors (Lipinski definition) is 2. The van der Waals surface area contributed by atoms with Crippen LogP contribution in [0.3, 0.4) is 0 Å². The SMILES string of the molecule is CC(C)CCC1C(=O)C(C(=O)CC(C)C)C(=O)C1(O)[C@@H](O)CCC(C)C. The van der Waals surface area contributed by atoms with Crippen LogP contribution in [0.4, 0.5) is 0 Å². The van der Waals surface area contributed by atoms with Gasteiger partial charge in [0.2, 0.25) is 0 Å². The minimum Gasteiger partial charge on any atom is -0.390 e. The molecule has 3 unspecified atom stereocenters. The summed E-state index contributed by atoms with van der Waals surface area (Å²) in [6.07, 6.45) is 0.618. The van der Waals surface area contributed by atoms with E-state index >= 15 is 0 Å². The maximum absolute atomic E-state index is 13.0. The molecule has 150 valence electrons. The van der Waals surface area contributed by atoms with Crippen LogP contribution < -0.4 is 0 Å². The Morgan fingerprint density at radius 1 is 0.962 bits per heavy atom. The Morgan fingerprint density at radius 3 is 1.96 bits per heavy atom. The average Bonchev–Trinajstić information content (AvgIpc) is 2.69. The zero-order valence-corrected chi connectivity index (χ0v) is 17.1. The van der Waals surface area contributed by atoms with E-state index in [9.17, 15) is 24.6 Å². The molecule has 1 aliphatic carbocycles. The molecule has 1 fully saturated rings. The Kier molecular flexibility index (Phi) is 8.15. The van der Waals surface area contributed by atoms with E-state index in [2.05, 4.69) is 0 Å². The molecule has 0 radical (unpaired) electrons. The second-order valence-corrected chi connectivity index (χ2v) is 9.10. The molecule has 1 rings (SSSR count). The van der Waals surface area contributed by atoms with Crippen molar-refractivity contribution in [3.8, 4) is 0 Å². The maximum Gasteiger partial charge on any atom is 0.185 e. The van der Waals surface area contributed by atoms with Gasteiger partial charge < -0.3 is 10.2 Å². The Labute approximate surface area is 157 Å². The monoisotopic (exact) mass is 368 g/mol. The lowest BCUT2D eigenvalue weighted by molar-refractivity contribution is -0.157. The van der Waals surface area contributed by atoms with Crippen LogP contribution in [0.1, 0.15) is 73.6 Å². The largest absolute Gasteiger partial charge is 0.390 e. The predicted molar refractivity (Wildman–Crippen MR) is 101 cm³/mol. The number of aliphatic hydroxyl groups is 2. The van der Waals surface area contributed by atoms with Crippen LogP contribution >= 0.6 is 0 Å². The van der Waals surface area contributed by atoms with Crippen molar-refractivity contribution >= 4 is 17.3 Å². The van der Waals surface area contributed by atoms with E-state index < -0.39 is 40.9 Å². The number of aliphatic hydroxyl groups excluding tert-OH is 1. The van der Waals surface area contributed by atoms with Crippen LogP contribution in [0, 0.1) is 29.6 Å². The van der Waals surface area contributed by atoms with Gasteiger partial charge in [0.1, 0.15) is 5.92 Å². The third-order valence-electron chi connectivity index (χ3n) is 5.31. The first-order valence-corrected chi connectivity index (χ1v) is 9.94. The number of ketones is 3. The standard InChI is InChI=1S/C21H36O5/c1-12(2)7-9-15-19(24)18(16(22)11-14(5)6)20(25)21(15,26)17(23)10-8-13(3)4/h12-15,17-18,23,26H,7-11H2,1-6H3/t15?,17-,18?,21?/m0/s1. The van der Waals surface area contributed by atoms with Crippen molar-refractivity contribution < 1.29 is 24.6 Å². The van der Waals surface area contributed by atoms with Crippen molar-refractivity contribution in [2.45, 2.75) is 85.4 Å². The second-order valence-electron chi connectivity index (χ2n) is 9.10. The van der Waals surface area contributed by atoms with Gasteiger partial charge in [-0.1, -0.05) is 48.0 Å². The van der Waals surface area contributed by atoms with E-state index in [1.54, 1.807) is 0 Å². The Hall–Kier alpha value is -1.07. The molecule has 2 N–H and O–H groups in total. The lowest BCUT2D eigenvalue weighted by Gasteiger charge is -2.33. The zero-order valence-electron chi connectivity index (χ0n) is 17.1. The molecule has 0 aliphatic heterocycles. The number of rotatable bonds is 10. The number of hydrogen-bond acceptors (Lipinski definition) is 5. The van der Waals surface area contributed by atoms with E-state index in [1.807, 2.05) is 41.5 Å². The maximum atomic E-state index is 13.0. The van der Waals surface area contributed by atoms with Crippen molar-refractivity contribution in [2.24, 2.45) is 29.6 Å². The summed E-state index contributed by atoms with van der Waals surface area (Å²) < 4.78 is 0. The van der Waals surface area contributed by atoms with Gasteiger partial charge in [0.25, 0.3) is 0 Å². The van der Waals surface area contributed by atoms with E-state index in [0.717, 1.165) is 0 Å². The van der Waals surface area contributed by atoms with Crippen LogP contribution in [0.25, 0.3) is 0 Å². The summed E-state index contributed by atoms with van der Waals surface area (Å²) in [7, 11) is 0. The highest BCUT2D eigenvalue weighted by Gasteiger charge is 2.63. The van der Waals surface area contributed by atoms with Crippen molar-refractivity contribution in [1.82, 2.24) is 0 Å². The molecule has 0 spiro atoms. The average molecular weight is 369 g/mol. The Bertz CT molecular complexity index is 522. The van der Waals surface area contributed by atoms with Crippen molar-refractivity contribution in [3.63, 3.8) is 0 Å². The highest BCUT2D eigenvalue weighted by Crippen LogP contribution is 2.42. The molecule has 0 aromatic heterocycles. The van der Waals surface area contributed by atoms with Gasteiger partial charge >= 0.3 is 0 Å². The fraction of sp³-hybridized carbons (Fsp3) is 0.857. The molecule has 4 atom stereocenters. The van der Waals surface area contributed by atoms with Gasteiger partial charge in [0.05, 0.1) is 12.0 Å². The molecule has 1 saturated carbocycles. The minimum absolute atomic E-state index is 0.0248. The van der Waals surface area contributed by atoms with Crippen LogP contribution in [-0.4, -0.2) is 39.3 Å². The topological polar surface area (TPSA) is 91.7 Å². The van der Waals surface area contributed by atoms with Gasteiger partial charge in [-0.2, -0.15) is 0 Å². The summed E-state index contributed by atoms with van der Waals surface area (Å²) in [5, 5.41) is 21.8. The van der Waals surface area contributed by atoms with Gasteiger partial charge in [-0.15, -0.1) is 0 Å². The first-order valence-electron chi connectivity index (χ1n) is 9.94. The molecule has 0 bridgehead atoms. The first-order chi connectivity index (χ1) is 11.9. The lowest BCUT2D eigenvalue weighted by Crippen LogP contribution is -2.52. The van der Waals surface area contributed by atoms with Crippen LogP contribution in [-0.2, 0) is 14.4 Å². The van der Waals surface area contributed by atoms with Gasteiger partial charge in [0.15, 0.2) is 23.0 Å². The normalized spacial score (nSPS) is 27.8. The Morgan fingerprint density at radius 2 is 1.50 bits per heavy atom. The fourth-order valence-electron chi connectivity index (χ4n) is 3.75. The number of carbonyl (C=O) groups excluding carboxylic acids is 3. The van der Waals surface area contributed by atoms with Crippen LogP contribution in [0.2, 0.25) is 0 Å². The molecule has 0 saturated heterocycles. The zero-order chi connectivity index (χ0) is 20.2. The van der Waals surface area contributed by atoms with Gasteiger partial charge in [-0.3, -0.25) is 14.4 Å². The highest BCUT2D eigenvalue weighted by molar-refractivity contribution is 6.27. The quantitative estimate of drug-likeness (QED) is 0.579. The fourth-order valence-corrected chi connectivity index (χ4v) is 3.75. The molecule has 0 aromatic carbocycles. The Balaban J connectivity index is 3.17. The van der Waals surface area contributed by atoms with E-state index in [0.29, 0.717) is 31.1 Å². The molecule has 1 aliphatic rings. The highest BCUT2D eigenvalue weighted by atomic mass is 16.4. The van der Waals surface area contributed by atoms with Gasteiger partial charge in [-0.05, 0) is 37.0 Å². The van der Waals surface area contributed by atoms with E-state index in [4.69, 9.17) is 0 Å². The van der Waals surface area contributed by atoms with Crippen LogP contribution in [0.15, 0.2) is 0 Å². The smallest absolute Gasteiger partial charge is 0.185 e. The summed E-state index contributed by atoms with van der Waals surface area (Å²) >= 11 is 0. The molecule has 5 heteroatoms. The molecule has 0 amide bonds. The number of carbonyl (C=O) groups is 3. The summed E-state index contributed by atoms with van der Waals surface area (Å²) in [5.74, 6) is -3.54. The van der Waals surface area contributed by atoms with Gasteiger partial charge in [0, 0.05) is 6.42 Å². The van der Waals surface area contributed by atoms with E-state index in [-0.39, 0.29) is 18.8 Å². The third-order valence-corrected chi connectivity index (χ3v) is 5.31. The summed E-state index contributed by atoms with van der Waals surface area (Å²) in [6.45, 7) is 11.7.